The summed E-state index contributed by atoms with van der Waals surface area (Å²) >= 11 is 1.43. The third-order valence-electron chi connectivity index (χ3n) is 3.62. The van der Waals surface area contributed by atoms with E-state index in [0.29, 0.717) is 16.8 Å². The van der Waals surface area contributed by atoms with Gasteiger partial charge in [-0.3, -0.25) is 10.1 Å². The van der Waals surface area contributed by atoms with Crippen molar-refractivity contribution in [3.05, 3.63) is 34.8 Å². The van der Waals surface area contributed by atoms with Crippen molar-refractivity contribution in [1.82, 2.24) is 10.2 Å². The summed E-state index contributed by atoms with van der Waals surface area (Å²) in [5.41, 5.74) is 0.100. The average molecular weight is 333 g/mol. The minimum atomic E-state index is -0.740. The first-order chi connectivity index (χ1) is 10.8. The van der Waals surface area contributed by atoms with Crippen LogP contribution in [0.25, 0.3) is 0 Å². The van der Waals surface area contributed by atoms with Gasteiger partial charge >= 0.3 is 0 Å². The van der Waals surface area contributed by atoms with E-state index in [1.165, 1.54) is 11.3 Å². The predicted octanol–water partition coefficient (Wildman–Crippen LogP) is 3.66. The Kier molecular flexibility index (Phi) is 5.36. The van der Waals surface area contributed by atoms with Gasteiger partial charge in [0.25, 0.3) is 0 Å². The van der Waals surface area contributed by atoms with Gasteiger partial charge in [-0.15, -0.1) is 10.2 Å². The van der Waals surface area contributed by atoms with Crippen molar-refractivity contribution < 1.29 is 9.53 Å². The molecule has 6 heteroatoms. The number of benzene rings is 1. The first-order valence-electron chi connectivity index (χ1n) is 7.62. The number of para-hydroxylation sites is 1. The molecule has 124 valence electrons. The van der Waals surface area contributed by atoms with Gasteiger partial charge < -0.3 is 4.74 Å². The highest BCUT2D eigenvalue weighted by atomic mass is 32.1. The summed E-state index contributed by atoms with van der Waals surface area (Å²) in [7, 11) is 1.61. The number of hydrogen-bond donors (Lipinski definition) is 1. The standard InChI is InChI=1S/C17H23N3O2S/c1-11(2)10-14-19-20-16(23-14)18-15(21)17(3,4)12-8-6-7-9-13(12)22-5/h6-9,11H,10H2,1-5H3,(H,18,20,21). The minimum absolute atomic E-state index is 0.130. The fourth-order valence-corrected chi connectivity index (χ4v) is 3.22. The Hall–Kier alpha value is -1.95. The lowest BCUT2D eigenvalue weighted by molar-refractivity contribution is -0.120. The molecule has 0 bridgehead atoms. The molecular weight excluding hydrogens is 310 g/mol. The number of rotatable bonds is 6. The van der Waals surface area contributed by atoms with Crippen LogP contribution in [0.3, 0.4) is 0 Å². The molecule has 0 atom stereocenters. The maximum atomic E-state index is 12.7. The van der Waals surface area contributed by atoms with E-state index in [9.17, 15) is 4.79 Å². The number of hydrogen-bond acceptors (Lipinski definition) is 5. The maximum Gasteiger partial charge on any atom is 0.236 e. The molecule has 5 nitrogen and oxygen atoms in total. The van der Waals surface area contributed by atoms with E-state index in [1.807, 2.05) is 38.1 Å². The van der Waals surface area contributed by atoms with Gasteiger partial charge in [0, 0.05) is 12.0 Å². The molecule has 0 fully saturated rings. The highest BCUT2D eigenvalue weighted by Gasteiger charge is 2.33. The third kappa shape index (κ3) is 4.07. The topological polar surface area (TPSA) is 64.1 Å². The van der Waals surface area contributed by atoms with Crippen molar-refractivity contribution in [2.75, 3.05) is 12.4 Å². The average Bonchev–Trinajstić information content (AvgIpc) is 2.93. The SMILES string of the molecule is COc1ccccc1C(C)(C)C(=O)Nc1nnc(CC(C)C)s1. The molecule has 2 aromatic rings. The maximum absolute atomic E-state index is 12.7. The van der Waals surface area contributed by atoms with Crippen LogP contribution in [-0.4, -0.2) is 23.2 Å². The highest BCUT2D eigenvalue weighted by Crippen LogP contribution is 2.32. The first-order valence-corrected chi connectivity index (χ1v) is 8.43. The van der Waals surface area contributed by atoms with Crippen LogP contribution in [0.4, 0.5) is 5.13 Å². The van der Waals surface area contributed by atoms with Gasteiger partial charge in [0.2, 0.25) is 11.0 Å². The largest absolute Gasteiger partial charge is 0.496 e. The van der Waals surface area contributed by atoms with Gasteiger partial charge in [-0.1, -0.05) is 43.4 Å². The van der Waals surface area contributed by atoms with Crippen molar-refractivity contribution in [2.45, 2.75) is 39.5 Å². The van der Waals surface area contributed by atoms with Crippen LogP contribution in [-0.2, 0) is 16.6 Å². The number of nitrogens with one attached hydrogen (secondary N) is 1. The number of amides is 1. The Balaban J connectivity index is 2.17. The molecule has 1 amide bonds. The Morgan fingerprint density at radius 2 is 2.00 bits per heavy atom. The zero-order valence-corrected chi connectivity index (χ0v) is 15.0. The molecule has 1 heterocycles. The number of carbonyl (C=O) groups is 1. The summed E-state index contributed by atoms with van der Waals surface area (Å²) in [4.78, 5) is 12.7. The van der Waals surface area contributed by atoms with Crippen LogP contribution in [0.2, 0.25) is 0 Å². The molecule has 0 aliphatic heterocycles. The zero-order valence-electron chi connectivity index (χ0n) is 14.2. The van der Waals surface area contributed by atoms with E-state index >= 15 is 0 Å². The second kappa shape index (κ2) is 7.08. The minimum Gasteiger partial charge on any atom is -0.496 e. The van der Waals surface area contributed by atoms with Gasteiger partial charge in [-0.25, -0.2) is 0 Å². The smallest absolute Gasteiger partial charge is 0.236 e. The number of ether oxygens (including phenoxy) is 1. The lowest BCUT2D eigenvalue weighted by Crippen LogP contribution is -2.35. The van der Waals surface area contributed by atoms with Crippen molar-refractivity contribution in [2.24, 2.45) is 5.92 Å². The summed E-state index contributed by atoms with van der Waals surface area (Å²) in [6.07, 6.45) is 0.865. The van der Waals surface area contributed by atoms with E-state index in [4.69, 9.17) is 4.74 Å². The van der Waals surface area contributed by atoms with E-state index in [1.54, 1.807) is 7.11 Å². The van der Waals surface area contributed by atoms with Gasteiger partial charge in [0.15, 0.2) is 0 Å². The molecule has 0 saturated carbocycles. The Bertz CT molecular complexity index is 680. The Morgan fingerprint density at radius 1 is 1.30 bits per heavy atom. The number of nitrogens with zero attached hydrogens (tertiary/aromatic N) is 2. The molecule has 0 radical (unpaired) electrons. The van der Waals surface area contributed by atoms with Crippen LogP contribution >= 0.6 is 11.3 Å². The van der Waals surface area contributed by atoms with Crippen LogP contribution in [0.1, 0.15) is 38.3 Å². The van der Waals surface area contributed by atoms with Gasteiger partial charge in [0.05, 0.1) is 12.5 Å². The highest BCUT2D eigenvalue weighted by molar-refractivity contribution is 7.15. The molecule has 2 rings (SSSR count). The second-order valence-electron chi connectivity index (χ2n) is 6.38. The molecule has 0 unspecified atom stereocenters. The summed E-state index contributed by atoms with van der Waals surface area (Å²) in [5, 5.41) is 12.5. The molecule has 23 heavy (non-hydrogen) atoms. The molecule has 0 aliphatic rings. The summed E-state index contributed by atoms with van der Waals surface area (Å²) in [6, 6.07) is 7.55. The Morgan fingerprint density at radius 3 is 2.65 bits per heavy atom. The number of methoxy groups -OCH3 is 1. The van der Waals surface area contributed by atoms with Crippen molar-refractivity contribution in [1.29, 1.82) is 0 Å². The molecule has 1 aromatic heterocycles. The number of aromatic nitrogens is 2. The van der Waals surface area contributed by atoms with Crippen LogP contribution in [0.5, 0.6) is 5.75 Å². The fourth-order valence-electron chi connectivity index (χ4n) is 2.27. The quantitative estimate of drug-likeness (QED) is 0.876. The fraction of sp³-hybridized carbons (Fsp3) is 0.471. The summed E-state index contributed by atoms with van der Waals surface area (Å²) < 4.78 is 5.37. The van der Waals surface area contributed by atoms with Gasteiger partial charge in [-0.2, -0.15) is 0 Å². The molecule has 0 aliphatic carbocycles. The van der Waals surface area contributed by atoms with E-state index in [2.05, 4.69) is 29.4 Å². The lowest BCUT2D eigenvalue weighted by atomic mass is 9.83. The van der Waals surface area contributed by atoms with Crippen LogP contribution in [0.15, 0.2) is 24.3 Å². The second-order valence-corrected chi connectivity index (χ2v) is 7.44. The monoisotopic (exact) mass is 333 g/mol. The van der Waals surface area contributed by atoms with Crippen molar-refractivity contribution in [3.63, 3.8) is 0 Å². The Labute approximate surface area is 141 Å². The van der Waals surface area contributed by atoms with Crippen molar-refractivity contribution in [3.8, 4) is 5.75 Å². The normalized spacial score (nSPS) is 11.6. The van der Waals surface area contributed by atoms with Gasteiger partial charge in [0.1, 0.15) is 10.8 Å². The molecule has 0 saturated heterocycles. The molecule has 1 aromatic carbocycles. The summed E-state index contributed by atoms with van der Waals surface area (Å²) in [5.74, 6) is 1.08. The van der Waals surface area contributed by atoms with E-state index in [0.717, 1.165) is 17.0 Å². The van der Waals surface area contributed by atoms with Crippen molar-refractivity contribution >= 4 is 22.4 Å². The van der Waals surface area contributed by atoms with Gasteiger partial charge in [-0.05, 0) is 25.8 Å². The molecular formula is C17H23N3O2S. The molecule has 1 N–H and O–H groups in total. The third-order valence-corrected chi connectivity index (χ3v) is 4.48. The lowest BCUT2D eigenvalue weighted by Gasteiger charge is -2.25. The zero-order chi connectivity index (χ0) is 17.0. The van der Waals surface area contributed by atoms with Crippen LogP contribution < -0.4 is 10.1 Å². The number of carbonyl (C=O) groups excluding carboxylic acids is 1. The first kappa shape index (κ1) is 17.4. The van der Waals surface area contributed by atoms with E-state index in [-0.39, 0.29) is 5.91 Å². The predicted molar refractivity (Wildman–Crippen MR) is 93.1 cm³/mol. The van der Waals surface area contributed by atoms with Crippen LogP contribution in [0, 0.1) is 5.92 Å². The van der Waals surface area contributed by atoms with E-state index < -0.39 is 5.41 Å². The molecule has 0 spiro atoms. The number of anilines is 1. The summed E-state index contributed by atoms with van der Waals surface area (Å²) in [6.45, 7) is 8.00.